The molecular formula is C16H26N4. The van der Waals surface area contributed by atoms with Crippen molar-refractivity contribution < 1.29 is 0 Å². The molecule has 2 atom stereocenters. The summed E-state index contributed by atoms with van der Waals surface area (Å²) in [4.78, 5) is 9.56. The van der Waals surface area contributed by atoms with Crippen LogP contribution in [0.15, 0.2) is 18.3 Å². The Morgan fingerprint density at radius 1 is 1.35 bits per heavy atom. The highest BCUT2D eigenvalue weighted by molar-refractivity contribution is 5.19. The zero-order chi connectivity index (χ0) is 13.9. The van der Waals surface area contributed by atoms with Crippen LogP contribution in [0.25, 0.3) is 0 Å². The number of piperidine rings is 2. The number of likely N-dealkylation sites (tertiary alicyclic amines) is 2. The van der Waals surface area contributed by atoms with Crippen molar-refractivity contribution in [1.82, 2.24) is 14.8 Å². The van der Waals surface area contributed by atoms with E-state index in [2.05, 4.69) is 27.9 Å². The molecule has 110 valence electrons. The SMILES string of the molecule is CN1CCCC2CN(Cc3cccnc3CN)CCC21. The smallest absolute Gasteiger partial charge is 0.0584 e. The maximum atomic E-state index is 5.79. The molecule has 0 spiro atoms. The number of hydrogen-bond acceptors (Lipinski definition) is 4. The second-order valence-corrected chi connectivity index (χ2v) is 6.29. The van der Waals surface area contributed by atoms with E-state index >= 15 is 0 Å². The van der Waals surface area contributed by atoms with Crippen molar-refractivity contribution >= 4 is 0 Å². The standard InChI is InChI=1S/C16H26N4/c1-19-8-3-5-14-12-20(9-6-16(14)19)11-13-4-2-7-18-15(13)10-17/h2,4,7,14,16H,3,5-6,8-12,17H2,1H3. The first-order chi connectivity index (χ1) is 9.78. The first-order valence-corrected chi connectivity index (χ1v) is 7.83. The van der Waals surface area contributed by atoms with Gasteiger partial charge in [0.1, 0.15) is 0 Å². The van der Waals surface area contributed by atoms with E-state index in [4.69, 9.17) is 5.73 Å². The zero-order valence-electron chi connectivity index (χ0n) is 12.5. The van der Waals surface area contributed by atoms with E-state index in [0.717, 1.165) is 24.2 Å². The summed E-state index contributed by atoms with van der Waals surface area (Å²) in [5, 5.41) is 0. The molecule has 0 aliphatic carbocycles. The molecule has 4 heteroatoms. The predicted octanol–water partition coefficient (Wildman–Crippen LogP) is 1.46. The van der Waals surface area contributed by atoms with Gasteiger partial charge in [0, 0.05) is 31.9 Å². The second kappa shape index (κ2) is 6.20. The molecule has 3 rings (SSSR count). The Morgan fingerprint density at radius 3 is 3.10 bits per heavy atom. The normalized spacial score (nSPS) is 28.3. The minimum atomic E-state index is 0.540. The fraction of sp³-hybridized carbons (Fsp3) is 0.688. The molecule has 1 aromatic heterocycles. The highest BCUT2D eigenvalue weighted by Crippen LogP contribution is 2.30. The molecule has 2 saturated heterocycles. The zero-order valence-corrected chi connectivity index (χ0v) is 12.5. The highest BCUT2D eigenvalue weighted by atomic mass is 15.2. The summed E-state index contributed by atoms with van der Waals surface area (Å²) in [6.07, 6.45) is 5.89. The number of aromatic nitrogens is 1. The molecule has 2 unspecified atom stereocenters. The quantitative estimate of drug-likeness (QED) is 0.906. The third-order valence-corrected chi connectivity index (χ3v) is 5.00. The lowest BCUT2D eigenvalue weighted by Crippen LogP contribution is -2.52. The lowest BCUT2D eigenvalue weighted by molar-refractivity contribution is 0.0353. The van der Waals surface area contributed by atoms with E-state index in [1.807, 2.05) is 12.3 Å². The molecule has 4 nitrogen and oxygen atoms in total. The van der Waals surface area contributed by atoms with Crippen LogP contribution in [-0.2, 0) is 13.1 Å². The summed E-state index contributed by atoms with van der Waals surface area (Å²) < 4.78 is 0. The van der Waals surface area contributed by atoms with Crippen LogP contribution >= 0.6 is 0 Å². The van der Waals surface area contributed by atoms with Crippen molar-refractivity contribution in [2.75, 3.05) is 26.7 Å². The van der Waals surface area contributed by atoms with Crippen LogP contribution in [0.4, 0.5) is 0 Å². The Morgan fingerprint density at radius 2 is 2.25 bits per heavy atom. The molecule has 2 N–H and O–H groups in total. The molecule has 2 fully saturated rings. The van der Waals surface area contributed by atoms with Gasteiger partial charge in [-0.2, -0.15) is 0 Å². The third-order valence-electron chi connectivity index (χ3n) is 5.00. The lowest BCUT2D eigenvalue weighted by Gasteiger charge is -2.46. The van der Waals surface area contributed by atoms with Crippen LogP contribution in [0.3, 0.4) is 0 Å². The summed E-state index contributed by atoms with van der Waals surface area (Å²) in [6, 6.07) is 5.01. The highest BCUT2D eigenvalue weighted by Gasteiger charge is 2.34. The van der Waals surface area contributed by atoms with E-state index < -0.39 is 0 Å². The fourth-order valence-corrected chi connectivity index (χ4v) is 3.91. The van der Waals surface area contributed by atoms with Crippen LogP contribution in [0, 0.1) is 5.92 Å². The monoisotopic (exact) mass is 274 g/mol. The number of pyridine rings is 1. The summed E-state index contributed by atoms with van der Waals surface area (Å²) in [5.74, 6) is 0.848. The molecular weight excluding hydrogens is 248 g/mol. The number of hydrogen-bond donors (Lipinski definition) is 1. The summed E-state index contributed by atoms with van der Waals surface area (Å²) in [6.45, 7) is 5.26. The summed E-state index contributed by atoms with van der Waals surface area (Å²) >= 11 is 0. The minimum Gasteiger partial charge on any atom is -0.325 e. The Kier molecular flexibility index (Phi) is 4.34. The fourth-order valence-electron chi connectivity index (χ4n) is 3.91. The predicted molar refractivity (Wildman–Crippen MR) is 81.2 cm³/mol. The van der Waals surface area contributed by atoms with E-state index in [9.17, 15) is 0 Å². The van der Waals surface area contributed by atoms with Crippen molar-refractivity contribution in [2.45, 2.75) is 38.4 Å². The van der Waals surface area contributed by atoms with Crippen LogP contribution in [-0.4, -0.2) is 47.5 Å². The first kappa shape index (κ1) is 14.0. The number of nitrogens with zero attached hydrogens (tertiary/aromatic N) is 3. The lowest BCUT2D eigenvalue weighted by atomic mass is 9.84. The Balaban J connectivity index is 1.65. The molecule has 0 amide bonds. The van der Waals surface area contributed by atoms with E-state index in [-0.39, 0.29) is 0 Å². The van der Waals surface area contributed by atoms with Gasteiger partial charge in [-0.25, -0.2) is 0 Å². The Bertz CT molecular complexity index is 448. The van der Waals surface area contributed by atoms with Gasteiger partial charge in [0.15, 0.2) is 0 Å². The van der Waals surface area contributed by atoms with Crippen LogP contribution in [0.1, 0.15) is 30.5 Å². The van der Waals surface area contributed by atoms with Crippen LogP contribution < -0.4 is 5.73 Å². The number of rotatable bonds is 3. The second-order valence-electron chi connectivity index (χ2n) is 6.29. The van der Waals surface area contributed by atoms with Crippen molar-refractivity contribution in [1.29, 1.82) is 0 Å². The molecule has 0 bridgehead atoms. The van der Waals surface area contributed by atoms with Gasteiger partial charge < -0.3 is 10.6 Å². The average molecular weight is 274 g/mol. The van der Waals surface area contributed by atoms with Gasteiger partial charge in [-0.05, 0) is 56.9 Å². The Hall–Kier alpha value is -0.970. The third kappa shape index (κ3) is 2.87. The number of fused-ring (bicyclic) bond motifs is 1. The first-order valence-electron chi connectivity index (χ1n) is 7.83. The minimum absolute atomic E-state index is 0.540. The average Bonchev–Trinajstić information content (AvgIpc) is 2.48. The summed E-state index contributed by atoms with van der Waals surface area (Å²) in [5.41, 5.74) is 8.15. The molecule has 0 saturated carbocycles. The number of nitrogens with two attached hydrogens (primary N) is 1. The van der Waals surface area contributed by atoms with Gasteiger partial charge in [-0.15, -0.1) is 0 Å². The molecule has 3 heterocycles. The van der Waals surface area contributed by atoms with Crippen LogP contribution in [0.5, 0.6) is 0 Å². The molecule has 2 aliphatic heterocycles. The molecule has 1 aromatic rings. The van der Waals surface area contributed by atoms with Gasteiger partial charge in [0.25, 0.3) is 0 Å². The summed E-state index contributed by atoms with van der Waals surface area (Å²) in [7, 11) is 2.29. The molecule has 0 radical (unpaired) electrons. The largest absolute Gasteiger partial charge is 0.325 e. The Labute approximate surface area is 122 Å². The molecule has 2 aliphatic rings. The van der Waals surface area contributed by atoms with E-state index in [0.29, 0.717) is 6.54 Å². The topological polar surface area (TPSA) is 45.4 Å². The van der Waals surface area contributed by atoms with Crippen molar-refractivity contribution in [3.05, 3.63) is 29.6 Å². The maximum absolute atomic E-state index is 5.79. The van der Waals surface area contributed by atoms with E-state index in [1.54, 1.807) is 0 Å². The maximum Gasteiger partial charge on any atom is 0.0584 e. The molecule has 20 heavy (non-hydrogen) atoms. The van der Waals surface area contributed by atoms with Crippen molar-refractivity contribution in [3.8, 4) is 0 Å². The van der Waals surface area contributed by atoms with E-state index in [1.165, 1.54) is 44.5 Å². The van der Waals surface area contributed by atoms with Gasteiger partial charge in [0.05, 0.1) is 5.69 Å². The van der Waals surface area contributed by atoms with Crippen molar-refractivity contribution in [3.63, 3.8) is 0 Å². The van der Waals surface area contributed by atoms with Crippen molar-refractivity contribution in [2.24, 2.45) is 11.7 Å². The van der Waals surface area contributed by atoms with Gasteiger partial charge in [0.2, 0.25) is 0 Å². The molecule has 0 aromatic carbocycles. The van der Waals surface area contributed by atoms with Crippen LogP contribution in [0.2, 0.25) is 0 Å². The van der Waals surface area contributed by atoms with Gasteiger partial charge >= 0.3 is 0 Å². The van der Waals surface area contributed by atoms with Gasteiger partial charge in [-0.1, -0.05) is 6.07 Å². The van der Waals surface area contributed by atoms with Gasteiger partial charge in [-0.3, -0.25) is 9.88 Å².